The number of rotatable bonds is 28. The van der Waals surface area contributed by atoms with Crippen LogP contribution in [0, 0.1) is 0 Å². The van der Waals surface area contributed by atoms with Crippen LogP contribution in [0.15, 0.2) is 34.2 Å². The lowest BCUT2D eigenvalue weighted by molar-refractivity contribution is -0.127. The topological polar surface area (TPSA) is 194 Å². The van der Waals surface area contributed by atoms with Crippen LogP contribution in [0.2, 0.25) is 5.02 Å². The van der Waals surface area contributed by atoms with E-state index >= 15 is 0 Å². The number of fused-ring (bicyclic) bond motifs is 1. The zero-order chi connectivity index (χ0) is 36.7. The van der Waals surface area contributed by atoms with Crippen LogP contribution in [0.1, 0.15) is 38.2 Å². The molecule has 0 aliphatic rings. The van der Waals surface area contributed by atoms with Crippen molar-refractivity contribution in [3.8, 4) is 0 Å². The van der Waals surface area contributed by atoms with E-state index in [2.05, 4.69) is 25.6 Å². The molecule has 1 atom stereocenters. The number of benzene rings is 1. The molecular formula is C33H49Cl2N7O8S. The van der Waals surface area contributed by atoms with Crippen LogP contribution in [-0.2, 0) is 39.8 Å². The average molecular weight is 775 g/mol. The van der Waals surface area contributed by atoms with Crippen molar-refractivity contribution < 1.29 is 33.3 Å². The van der Waals surface area contributed by atoms with E-state index in [0.717, 1.165) is 43.7 Å². The Morgan fingerprint density at radius 1 is 0.902 bits per heavy atom. The zero-order valence-corrected chi connectivity index (χ0v) is 31.3. The number of nitrogens with zero attached hydrogens (tertiary/aromatic N) is 3. The van der Waals surface area contributed by atoms with E-state index in [1.807, 2.05) is 18.2 Å². The van der Waals surface area contributed by atoms with Gasteiger partial charge in [-0.3, -0.25) is 23.9 Å². The van der Waals surface area contributed by atoms with Crippen molar-refractivity contribution in [1.82, 2.24) is 30.2 Å². The van der Waals surface area contributed by atoms with Gasteiger partial charge in [-0.1, -0.05) is 54.4 Å². The summed E-state index contributed by atoms with van der Waals surface area (Å²) in [6.45, 7) is 6.48. The molecule has 3 aromatic rings. The Labute approximate surface area is 311 Å². The monoisotopic (exact) mass is 773 g/mol. The molecule has 0 aliphatic carbocycles. The molecule has 0 spiro atoms. The average Bonchev–Trinajstić information content (AvgIpc) is 3.44. The molecule has 15 nitrogen and oxygen atoms in total. The number of nitrogen functional groups attached to an aromatic ring is 1. The Morgan fingerprint density at radius 2 is 1.51 bits per heavy atom. The summed E-state index contributed by atoms with van der Waals surface area (Å²) >= 11 is 13.2. The van der Waals surface area contributed by atoms with E-state index in [9.17, 15) is 14.4 Å². The van der Waals surface area contributed by atoms with Crippen molar-refractivity contribution >= 4 is 63.9 Å². The lowest BCUT2D eigenvalue weighted by Gasteiger charge is -2.18. The molecule has 51 heavy (non-hydrogen) atoms. The van der Waals surface area contributed by atoms with E-state index in [-0.39, 0.29) is 48.5 Å². The Morgan fingerprint density at radius 3 is 2.14 bits per heavy atom. The van der Waals surface area contributed by atoms with E-state index in [1.54, 1.807) is 10.6 Å². The van der Waals surface area contributed by atoms with Gasteiger partial charge < -0.3 is 40.1 Å². The fraction of sp³-hybridized carbons (Fsp3) is 0.606. The number of thioether (sulfide) groups is 1. The van der Waals surface area contributed by atoms with Gasteiger partial charge in [0.1, 0.15) is 6.04 Å². The Hall–Kier alpha value is -2.96. The van der Waals surface area contributed by atoms with Crippen LogP contribution in [0.3, 0.4) is 0 Å². The van der Waals surface area contributed by atoms with Gasteiger partial charge in [0.15, 0.2) is 16.3 Å². The number of carbonyl (C=O) groups excluding carboxylic acids is 2. The third-order valence-corrected chi connectivity index (χ3v) is 8.86. The highest BCUT2D eigenvalue weighted by Gasteiger charge is 2.23. The SMILES string of the molecule is CC(=O)N[C@@H](CSc1nc2c(=O)[nH]c(N)nc2n1Cc1ccccc1Cl)C(=O)NCCOCCOCCOCCOCCOCCCCCCCl. The van der Waals surface area contributed by atoms with E-state index in [0.29, 0.717) is 63.0 Å². The predicted molar refractivity (Wildman–Crippen MR) is 198 cm³/mol. The number of alkyl halides is 1. The normalized spacial score (nSPS) is 12.0. The van der Waals surface area contributed by atoms with Gasteiger partial charge in [-0.05, 0) is 24.5 Å². The van der Waals surface area contributed by atoms with Crippen molar-refractivity contribution in [3.63, 3.8) is 0 Å². The van der Waals surface area contributed by atoms with Gasteiger partial charge in [0.2, 0.25) is 17.8 Å². The standard InChI is InChI=1S/C33H49Cl2N7O8S/c1-24(43)38-27(23-51-33-39-28-29(40-32(36)41-31(28)45)42(33)22-25-8-4-5-9-26(25)35)30(44)37-11-13-47-15-17-49-19-21-50-20-18-48-16-14-46-12-7-3-2-6-10-34/h4-5,8-9,27H,2-3,6-7,10-23H2,1H3,(H,37,44)(H,38,43)(H3,36,40,41,45)/t27-/m0/s1. The molecule has 0 aliphatic heterocycles. The van der Waals surface area contributed by atoms with Crippen molar-refractivity contribution in [2.24, 2.45) is 0 Å². The predicted octanol–water partition coefficient (Wildman–Crippen LogP) is 3.00. The number of nitrogens with two attached hydrogens (primary N) is 1. The number of amides is 2. The van der Waals surface area contributed by atoms with Gasteiger partial charge in [-0.15, -0.1) is 11.6 Å². The van der Waals surface area contributed by atoms with Crippen LogP contribution < -0.4 is 21.9 Å². The Kier molecular flexibility index (Phi) is 20.9. The second-order valence-corrected chi connectivity index (χ2v) is 13.0. The first-order chi connectivity index (χ1) is 24.8. The summed E-state index contributed by atoms with van der Waals surface area (Å²) in [6.07, 6.45) is 4.38. The lowest BCUT2D eigenvalue weighted by Crippen LogP contribution is -2.48. The molecular weight excluding hydrogens is 725 g/mol. The number of carbonyl (C=O) groups is 2. The second-order valence-electron chi connectivity index (χ2n) is 11.2. The highest BCUT2D eigenvalue weighted by molar-refractivity contribution is 7.99. The number of hydrogen-bond donors (Lipinski definition) is 4. The quantitative estimate of drug-likeness (QED) is 0.0480. The van der Waals surface area contributed by atoms with Gasteiger partial charge in [-0.25, -0.2) is 4.98 Å². The number of aromatic amines is 1. The van der Waals surface area contributed by atoms with Crippen LogP contribution >= 0.6 is 35.0 Å². The molecule has 0 radical (unpaired) electrons. The first-order valence-corrected chi connectivity index (χ1v) is 18.8. The number of ether oxygens (including phenoxy) is 5. The smallest absolute Gasteiger partial charge is 0.280 e. The molecule has 2 heterocycles. The molecule has 0 fully saturated rings. The summed E-state index contributed by atoms with van der Waals surface area (Å²) < 4.78 is 29.3. The number of aromatic nitrogens is 4. The summed E-state index contributed by atoms with van der Waals surface area (Å²) in [7, 11) is 0. The maximum absolute atomic E-state index is 13.0. The molecule has 18 heteroatoms. The summed E-state index contributed by atoms with van der Waals surface area (Å²) in [4.78, 5) is 48.8. The number of imidazole rings is 1. The summed E-state index contributed by atoms with van der Waals surface area (Å²) in [5.41, 5.74) is 6.46. The van der Waals surface area contributed by atoms with Crippen molar-refractivity contribution in [2.75, 3.05) is 90.0 Å². The van der Waals surface area contributed by atoms with Gasteiger partial charge in [0.25, 0.3) is 5.56 Å². The Bertz CT molecular complexity index is 1530. The summed E-state index contributed by atoms with van der Waals surface area (Å²) in [5, 5.41) is 6.39. The molecule has 0 saturated heterocycles. The molecule has 0 unspecified atom stereocenters. The van der Waals surface area contributed by atoms with Crippen LogP contribution in [0.4, 0.5) is 5.95 Å². The number of anilines is 1. The maximum atomic E-state index is 13.0. The van der Waals surface area contributed by atoms with Gasteiger partial charge in [-0.2, -0.15) is 4.98 Å². The molecule has 5 N–H and O–H groups in total. The zero-order valence-electron chi connectivity index (χ0n) is 29.0. The third kappa shape index (κ3) is 16.5. The maximum Gasteiger partial charge on any atom is 0.280 e. The molecule has 0 saturated carbocycles. The van der Waals surface area contributed by atoms with Gasteiger partial charge >= 0.3 is 0 Å². The minimum absolute atomic E-state index is 0.0578. The Balaban J connectivity index is 1.30. The van der Waals surface area contributed by atoms with Crippen LogP contribution in [-0.4, -0.2) is 122 Å². The minimum atomic E-state index is -0.888. The van der Waals surface area contributed by atoms with Crippen molar-refractivity contribution in [3.05, 3.63) is 45.2 Å². The van der Waals surface area contributed by atoms with Crippen LogP contribution in [0.25, 0.3) is 11.2 Å². The summed E-state index contributed by atoms with van der Waals surface area (Å²) in [5.74, 6) is 0.0168. The highest BCUT2D eigenvalue weighted by Crippen LogP contribution is 2.26. The molecule has 3 rings (SSSR count). The number of halogens is 2. The first kappa shape index (κ1) is 42.5. The molecule has 2 aromatic heterocycles. The second kappa shape index (κ2) is 25.1. The highest BCUT2D eigenvalue weighted by atomic mass is 35.5. The van der Waals surface area contributed by atoms with Crippen molar-refractivity contribution in [1.29, 1.82) is 0 Å². The van der Waals surface area contributed by atoms with E-state index < -0.39 is 17.5 Å². The molecule has 0 bridgehead atoms. The van der Waals surface area contributed by atoms with Gasteiger partial charge in [0, 0.05) is 36.7 Å². The van der Waals surface area contributed by atoms with Crippen molar-refractivity contribution in [2.45, 2.75) is 50.4 Å². The van der Waals surface area contributed by atoms with Gasteiger partial charge in [0.05, 0.1) is 66.0 Å². The largest absolute Gasteiger partial charge is 0.379 e. The number of H-pyrrole nitrogens is 1. The number of hydrogen-bond acceptors (Lipinski definition) is 12. The fourth-order valence-corrected chi connectivity index (χ4v) is 6.04. The number of nitrogens with one attached hydrogen (secondary N) is 3. The minimum Gasteiger partial charge on any atom is -0.379 e. The molecule has 1 aromatic carbocycles. The lowest BCUT2D eigenvalue weighted by atomic mass is 10.2. The fourth-order valence-electron chi connectivity index (χ4n) is 4.65. The van der Waals surface area contributed by atoms with E-state index in [1.165, 1.54) is 18.7 Å². The summed E-state index contributed by atoms with van der Waals surface area (Å²) in [6, 6.07) is 6.37. The van der Waals surface area contributed by atoms with E-state index in [4.69, 9.17) is 52.6 Å². The van der Waals surface area contributed by atoms with Crippen LogP contribution in [0.5, 0.6) is 0 Å². The molecule has 284 valence electrons. The third-order valence-electron chi connectivity index (χ3n) is 7.15. The first-order valence-electron chi connectivity index (χ1n) is 16.9. The molecule has 2 amide bonds. The number of unbranched alkanes of at least 4 members (excludes halogenated alkanes) is 3.